The second-order valence-electron chi connectivity index (χ2n) is 4.98. The van der Waals surface area contributed by atoms with E-state index in [0.717, 1.165) is 22.6 Å². The summed E-state index contributed by atoms with van der Waals surface area (Å²) in [5.74, 6) is 1.35. The van der Waals surface area contributed by atoms with Crippen LogP contribution in [0.5, 0.6) is 5.75 Å². The van der Waals surface area contributed by atoms with Crippen LogP contribution in [0.15, 0.2) is 24.4 Å². The van der Waals surface area contributed by atoms with E-state index >= 15 is 0 Å². The molecule has 0 saturated heterocycles. The van der Waals surface area contributed by atoms with Crippen LogP contribution in [0.1, 0.15) is 31.0 Å². The average Bonchev–Trinajstić information content (AvgIpc) is 2.78. The van der Waals surface area contributed by atoms with Crippen molar-refractivity contribution in [3.8, 4) is 16.9 Å². The second-order valence-corrected chi connectivity index (χ2v) is 4.98. The van der Waals surface area contributed by atoms with Gasteiger partial charge in [-0.3, -0.25) is 4.68 Å². The predicted molar refractivity (Wildman–Crippen MR) is 77.2 cm³/mol. The van der Waals surface area contributed by atoms with Crippen LogP contribution in [0.25, 0.3) is 11.1 Å². The molecule has 2 N–H and O–H groups in total. The molecule has 19 heavy (non-hydrogen) atoms. The van der Waals surface area contributed by atoms with Crippen LogP contribution >= 0.6 is 0 Å². The Morgan fingerprint density at radius 2 is 2.05 bits per heavy atom. The quantitative estimate of drug-likeness (QED) is 0.918. The molecule has 102 valence electrons. The van der Waals surface area contributed by atoms with E-state index in [1.165, 1.54) is 5.56 Å². The van der Waals surface area contributed by atoms with Gasteiger partial charge in [0.25, 0.3) is 0 Å². The molecule has 2 rings (SSSR count). The van der Waals surface area contributed by atoms with E-state index in [4.69, 9.17) is 10.5 Å². The number of aryl methyl sites for hydroxylation is 1. The standard InChI is InChI=1S/C15H21N3O/c1-10(2)11-5-6-12(15(7-11)19-4)13-9-18(3)17-14(13)8-16/h5-7,9-10H,8,16H2,1-4H3. The molecule has 1 aromatic heterocycles. The summed E-state index contributed by atoms with van der Waals surface area (Å²) >= 11 is 0. The van der Waals surface area contributed by atoms with Crippen LogP contribution in [-0.4, -0.2) is 16.9 Å². The van der Waals surface area contributed by atoms with Crippen molar-refractivity contribution in [1.29, 1.82) is 0 Å². The summed E-state index contributed by atoms with van der Waals surface area (Å²) in [4.78, 5) is 0. The number of nitrogens with two attached hydrogens (primary N) is 1. The second kappa shape index (κ2) is 5.45. The minimum Gasteiger partial charge on any atom is -0.496 e. The van der Waals surface area contributed by atoms with E-state index in [0.29, 0.717) is 12.5 Å². The lowest BCUT2D eigenvalue weighted by Gasteiger charge is -2.12. The Balaban J connectivity index is 2.55. The van der Waals surface area contributed by atoms with Crippen molar-refractivity contribution in [3.63, 3.8) is 0 Å². The van der Waals surface area contributed by atoms with Crippen molar-refractivity contribution in [2.24, 2.45) is 12.8 Å². The van der Waals surface area contributed by atoms with E-state index in [-0.39, 0.29) is 0 Å². The van der Waals surface area contributed by atoms with Crippen LogP contribution in [0.4, 0.5) is 0 Å². The van der Waals surface area contributed by atoms with Gasteiger partial charge >= 0.3 is 0 Å². The topological polar surface area (TPSA) is 53.1 Å². The first-order chi connectivity index (χ1) is 9.06. The van der Waals surface area contributed by atoms with Gasteiger partial charge in [-0.2, -0.15) is 5.10 Å². The zero-order chi connectivity index (χ0) is 14.0. The average molecular weight is 259 g/mol. The summed E-state index contributed by atoms with van der Waals surface area (Å²) in [6, 6.07) is 6.31. The Hall–Kier alpha value is -1.81. The number of hydrogen-bond donors (Lipinski definition) is 1. The maximum Gasteiger partial charge on any atom is 0.127 e. The summed E-state index contributed by atoms with van der Waals surface area (Å²) in [7, 11) is 3.60. The highest BCUT2D eigenvalue weighted by Crippen LogP contribution is 2.34. The van der Waals surface area contributed by atoms with Gasteiger partial charge in [0.2, 0.25) is 0 Å². The highest BCUT2D eigenvalue weighted by molar-refractivity contribution is 5.72. The highest BCUT2D eigenvalue weighted by Gasteiger charge is 2.14. The summed E-state index contributed by atoms with van der Waals surface area (Å²) in [5.41, 5.74) is 9.99. The lowest BCUT2D eigenvalue weighted by Crippen LogP contribution is -2.00. The third kappa shape index (κ3) is 2.63. The smallest absolute Gasteiger partial charge is 0.127 e. The van der Waals surface area contributed by atoms with Crippen molar-refractivity contribution in [1.82, 2.24) is 9.78 Å². The normalized spacial score (nSPS) is 11.1. The zero-order valence-corrected chi connectivity index (χ0v) is 12.0. The van der Waals surface area contributed by atoms with Crippen molar-refractivity contribution in [3.05, 3.63) is 35.7 Å². The Labute approximate surface area is 114 Å². The minimum atomic E-state index is 0.422. The molecule has 1 heterocycles. The lowest BCUT2D eigenvalue weighted by atomic mass is 9.98. The molecule has 0 fully saturated rings. The highest BCUT2D eigenvalue weighted by atomic mass is 16.5. The molecule has 0 atom stereocenters. The number of ether oxygens (including phenoxy) is 1. The molecule has 0 aliphatic rings. The van der Waals surface area contributed by atoms with E-state index < -0.39 is 0 Å². The van der Waals surface area contributed by atoms with Crippen molar-refractivity contribution >= 4 is 0 Å². The maximum absolute atomic E-state index is 5.75. The van der Waals surface area contributed by atoms with Gasteiger partial charge in [-0.15, -0.1) is 0 Å². The van der Waals surface area contributed by atoms with E-state index in [1.54, 1.807) is 11.8 Å². The molecular weight excluding hydrogens is 238 g/mol. The molecule has 0 bridgehead atoms. The molecule has 0 unspecified atom stereocenters. The molecule has 4 heteroatoms. The maximum atomic E-state index is 5.75. The van der Waals surface area contributed by atoms with Crippen molar-refractivity contribution < 1.29 is 4.74 Å². The van der Waals surface area contributed by atoms with E-state index in [9.17, 15) is 0 Å². The molecular formula is C15H21N3O. The Morgan fingerprint density at radius 3 is 2.63 bits per heavy atom. The first-order valence-electron chi connectivity index (χ1n) is 6.47. The third-order valence-electron chi connectivity index (χ3n) is 3.28. The third-order valence-corrected chi connectivity index (χ3v) is 3.28. The Bertz CT molecular complexity index is 573. The Morgan fingerprint density at radius 1 is 1.32 bits per heavy atom. The summed E-state index contributed by atoms with van der Waals surface area (Å²) in [6.07, 6.45) is 1.98. The van der Waals surface area contributed by atoms with Gasteiger partial charge in [0, 0.05) is 30.9 Å². The summed E-state index contributed by atoms with van der Waals surface area (Å²) < 4.78 is 7.31. The summed E-state index contributed by atoms with van der Waals surface area (Å²) in [6.45, 7) is 4.76. The first-order valence-corrected chi connectivity index (χ1v) is 6.47. The number of rotatable bonds is 4. The van der Waals surface area contributed by atoms with Gasteiger partial charge in [-0.25, -0.2) is 0 Å². The number of nitrogens with zero attached hydrogens (tertiary/aromatic N) is 2. The molecule has 0 radical (unpaired) electrons. The first kappa shape index (κ1) is 13.6. The summed E-state index contributed by atoms with van der Waals surface area (Å²) in [5, 5.41) is 4.37. The molecule has 0 aliphatic carbocycles. The molecule has 0 aliphatic heterocycles. The number of methoxy groups -OCH3 is 1. The van der Waals surface area contributed by atoms with Gasteiger partial charge in [0.15, 0.2) is 0 Å². The molecule has 0 amide bonds. The lowest BCUT2D eigenvalue weighted by molar-refractivity contribution is 0.415. The molecule has 2 aromatic rings. The van der Waals surface area contributed by atoms with Gasteiger partial charge in [0.05, 0.1) is 12.8 Å². The molecule has 1 aromatic carbocycles. The van der Waals surface area contributed by atoms with Gasteiger partial charge < -0.3 is 10.5 Å². The van der Waals surface area contributed by atoms with Crippen LogP contribution in [0.3, 0.4) is 0 Å². The van der Waals surface area contributed by atoms with Gasteiger partial charge in [-0.05, 0) is 17.5 Å². The van der Waals surface area contributed by atoms with Crippen molar-refractivity contribution in [2.75, 3.05) is 7.11 Å². The van der Waals surface area contributed by atoms with Gasteiger partial charge in [0.1, 0.15) is 5.75 Å². The largest absolute Gasteiger partial charge is 0.496 e. The van der Waals surface area contributed by atoms with Crippen molar-refractivity contribution in [2.45, 2.75) is 26.3 Å². The Kier molecular flexibility index (Phi) is 3.90. The zero-order valence-electron chi connectivity index (χ0n) is 12.0. The number of aromatic nitrogens is 2. The van der Waals surface area contributed by atoms with Crippen LogP contribution in [0.2, 0.25) is 0 Å². The van der Waals surface area contributed by atoms with Crippen LogP contribution < -0.4 is 10.5 Å². The number of benzene rings is 1. The minimum absolute atomic E-state index is 0.422. The van der Waals surface area contributed by atoms with Crippen LogP contribution in [0, 0.1) is 0 Å². The fraction of sp³-hybridized carbons (Fsp3) is 0.400. The van der Waals surface area contributed by atoms with E-state index in [1.807, 2.05) is 13.2 Å². The fourth-order valence-corrected chi connectivity index (χ4v) is 2.20. The molecule has 4 nitrogen and oxygen atoms in total. The monoisotopic (exact) mass is 259 g/mol. The van der Waals surface area contributed by atoms with E-state index in [2.05, 4.69) is 37.1 Å². The number of hydrogen-bond acceptors (Lipinski definition) is 3. The predicted octanol–water partition coefficient (Wildman–Crippen LogP) is 2.68. The van der Waals surface area contributed by atoms with Gasteiger partial charge in [-0.1, -0.05) is 26.0 Å². The molecule has 0 saturated carbocycles. The molecule has 0 spiro atoms. The fourth-order valence-electron chi connectivity index (χ4n) is 2.20. The van der Waals surface area contributed by atoms with Crippen LogP contribution in [-0.2, 0) is 13.6 Å². The SMILES string of the molecule is COc1cc(C(C)C)ccc1-c1cn(C)nc1CN.